The quantitative estimate of drug-likeness (QED) is 0.898. The van der Waals surface area contributed by atoms with Crippen molar-refractivity contribution in [1.82, 2.24) is 9.97 Å². The van der Waals surface area contributed by atoms with Gasteiger partial charge >= 0.3 is 0 Å². The number of piperidine rings is 1. The van der Waals surface area contributed by atoms with E-state index < -0.39 is 0 Å². The molecule has 1 saturated heterocycles. The number of nitrogens with zero attached hydrogens (tertiary/aromatic N) is 3. The fraction of sp³-hybridized carbons (Fsp3) is 0.714. The van der Waals surface area contributed by atoms with Gasteiger partial charge in [0.25, 0.3) is 0 Å². The second-order valence-electron chi connectivity index (χ2n) is 5.54. The fourth-order valence-electron chi connectivity index (χ4n) is 2.43. The summed E-state index contributed by atoms with van der Waals surface area (Å²) < 4.78 is 5.63. The molecule has 1 aromatic heterocycles. The third kappa shape index (κ3) is 3.56. The number of hydrogen-bond donors (Lipinski definition) is 1. The Morgan fingerprint density at radius 2 is 2.26 bits per heavy atom. The summed E-state index contributed by atoms with van der Waals surface area (Å²) in [4.78, 5) is 11.1. The standard InChI is InChI=1S/C14H24N4O/c1-10(2)19-13-6-7-16-14(17-13)18-9-12(8-15)5-4-11(18)3/h6-7,10-12H,4-5,8-9,15H2,1-3H3. The first-order chi connectivity index (χ1) is 9.10. The molecule has 1 fully saturated rings. The zero-order valence-corrected chi connectivity index (χ0v) is 12.0. The van der Waals surface area contributed by atoms with Gasteiger partial charge in [-0.05, 0) is 46.1 Å². The maximum Gasteiger partial charge on any atom is 0.228 e. The molecule has 1 aliphatic heterocycles. The van der Waals surface area contributed by atoms with Crippen molar-refractivity contribution >= 4 is 5.95 Å². The van der Waals surface area contributed by atoms with Gasteiger partial charge in [0, 0.05) is 24.8 Å². The lowest BCUT2D eigenvalue weighted by Gasteiger charge is -2.37. The molecule has 2 unspecified atom stereocenters. The van der Waals surface area contributed by atoms with E-state index in [9.17, 15) is 0 Å². The average Bonchev–Trinajstić information content (AvgIpc) is 2.39. The summed E-state index contributed by atoms with van der Waals surface area (Å²) in [5, 5.41) is 0. The highest BCUT2D eigenvalue weighted by molar-refractivity contribution is 5.34. The highest BCUT2D eigenvalue weighted by atomic mass is 16.5. The third-order valence-electron chi connectivity index (χ3n) is 3.54. The Labute approximate surface area is 115 Å². The topological polar surface area (TPSA) is 64.3 Å². The van der Waals surface area contributed by atoms with Gasteiger partial charge in [0.1, 0.15) is 0 Å². The summed E-state index contributed by atoms with van der Waals surface area (Å²) in [6, 6.07) is 2.26. The van der Waals surface area contributed by atoms with Crippen molar-refractivity contribution in [2.45, 2.75) is 45.8 Å². The van der Waals surface area contributed by atoms with Crippen molar-refractivity contribution in [3.8, 4) is 5.88 Å². The molecule has 106 valence electrons. The van der Waals surface area contributed by atoms with Crippen LogP contribution in [0.3, 0.4) is 0 Å². The van der Waals surface area contributed by atoms with E-state index in [1.54, 1.807) is 12.3 Å². The van der Waals surface area contributed by atoms with Crippen molar-refractivity contribution in [2.75, 3.05) is 18.0 Å². The van der Waals surface area contributed by atoms with Gasteiger partial charge in [-0.25, -0.2) is 4.98 Å². The van der Waals surface area contributed by atoms with E-state index in [2.05, 4.69) is 21.8 Å². The van der Waals surface area contributed by atoms with Crippen molar-refractivity contribution < 1.29 is 4.74 Å². The lowest BCUT2D eigenvalue weighted by Crippen LogP contribution is -2.44. The molecule has 0 radical (unpaired) electrons. The summed E-state index contributed by atoms with van der Waals surface area (Å²) in [5.74, 6) is 1.93. The minimum absolute atomic E-state index is 0.123. The number of anilines is 1. The lowest BCUT2D eigenvalue weighted by atomic mass is 9.94. The first-order valence-electron chi connectivity index (χ1n) is 7.06. The van der Waals surface area contributed by atoms with Crippen LogP contribution in [-0.2, 0) is 0 Å². The molecule has 0 saturated carbocycles. The highest BCUT2D eigenvalue weighted by Crippen LogP contribution is 2.25. The number of rotatable bonds is 4. The minimum atomic E-state index is 0.123. The minimum Gasteiger partial charge on any atom is -0.475 e. The molecular formula is C14H24N4O. The Balaban J connectivity index is 2.15. The van der Waals surface area contributed by atoms with Crippen LogP contribution in [0.5, 0.6) is 5.88 Å². The van der Waals surface area contributed by atoms with E-state index >= 15 is 0 Å². The molecule has 5 nitrogen and oxygen atoms in total. The fourth-order valence-corrected chi connectivity index (χ4v) is 2.43. The van der Waals surface area contributed by atoms with Gasteiger partial charge in [0.2, 0.25) is 11.8 Å². The van der Waals surface area contributed by atoms with Crippen molar-refractivity contribution in [3.05, 3.63) is 12.3 Å². The van der Waals surface area contributed by atoms with Crippen molar-refractivity contribution in [1.29, 1.82) is 0 Å². The van der Waals surface area contributed by atoms with Crippen LogP contribution in [0.1, 0.15) is 33.6 Å². The molecule has 0 bridgehead atoms. The summed E-state index contributed by atoms with van der Waals surface area (Å²) in [7, 11) is 0. The van der Waals surface area contributed by atoms with Gasteiger partial charge in [0.15, 0.2) is 0 Å². The van der Waals surface area contributed by atoms with Gasteiger partial charge in [-0.3, -0.25) is 0 Å². The van der Waals surface area contributed by atoms with Crippen molar-refractivity contribution in [2.24, 2.45) is 11.7 Å². The maximum atomic E-state index is 5.79. The van der Waals surface area contributed by atoms with E-state index in [1.807, 2.05) is 13.8 Å². The van der Waals surface area contributed by atoms with Gasteiger partial charge in [-0.1, -0.05) is 0 Å². The molecule has 0 spiro atoms. The first kappa shape index (κ1) is 14.1. The Kier molecular flexibility index (Phi) is 4.58. The van der Waals surface area contributed by atoms with E-state index in [4.69, 9.17) is 10.5 Å². The molecule has 19 heavy (non-hydrogen) atoms. The van der Waals surface area contributed by atoms with E-state index in [-0.39, 0.29) is 6.10 Å². The normalized spacial score (nSPS) is 23.7. The van der Waals surface area contributed by atoms with Gasteiger partial charge in [-0.15, -0.1) is 0 Å². The van der Waals surface area contributed by atoms with Crippen LogP contribution in [0.4, 0.5) is 5.95 Å². The summed E-state index contributed by atoms with van der Waals surface area (Å²) in [6.07, 6.45) is 4.22. The SMILES string of the molecule is CC(C)Oc1ccnc(N2CC(CN)CCC2C)n1. The Morgan fingerprint density at radius 3 is 2.95 bits per heavy atom. The van der Waals surface area contributed by atoms with E-state index in [0.717, 1.165) is 25.5 Å². The summed E-state index contributed by atoms with van der Waals surface area (Å²) in [5.41, 5.74) is 5.79. The molecule has 2 N–H and O–H groups in total. The van der Waals surface area contributed by atoms with Crippen LogP contribution in [0.15, 0.2) is 12.3 Å². The van der Waals surface area contributed by atoms with Crippen LogP contribution in [0.2, 0.25) is 0 Å². The molecule has 1 aromatic rings. The highest BCUT2D eigenvalue weighted by Gasteiger charge is 2.26. The van der Waals surface area contributed by atoms with Gasteiger partial charge in [-0.2, -0.15) is 4.98 Å². The van der Waals surface area contributed by atoms with Gasteiger partial charge in [0.05, 0.1) is 6.10 Å². The van der Waals surface area contributed by atoms with Crippen molar-refractivity contribution in [3.63, 3.8) is 0 Å². The van der Waals surface area contributed by atoms with E-state index in [0.29, 0.717) is 17.8 Å². The van der Waals surface area contributed by atoms with Gasteiger partial charge < -0.3 is 15.4 Å². The second-order valence-corrected chi connectivity index (χ2v) is 5.54. The Bertz CT molecular complexity index is 410. The number of aromatic nitrogens is 2. The Hall–Kier alpha value is -1.36. The summed E-state index contributed by atoms with van der Waals surface area (Å²) in [6.45, 7) is 7.87. The molecular weight excluding hydrogens is 240 g/mol. The number of ether oxygens (including phenoxy) is 1. The molecule has 0 amide bonds. The average molecular weight is 264 g/mol. The molecule has 2 rings (SSSR count). The number of nitrogens with two attached hydrogens (primary N) is 1. The number of hydrogen-bond acceptors (Lipinski definition) is 5. The molecule has 1 aliphatic rings. The third-order valence-corrected chi connectivity index (χ3v) is 3.54. The van der Waals surface area contributed by atoms with Crippen LogP contribution in [0, 0.1) is 5.92 Å². The first-order valence-corrected chi connectivity index (χ1v) is 7.06. The largest absolute Gasteiger partial charge is 0.475 e. The Morgan fingerprint density at radius 1 is 1.47 bits per heavy atom. The van der Waals surface area contributed by atoms with Crippen LogP contribution in [-0.4, -0.2) is 35.2 Å². The zero-order chi connectivity index (χ0) is 13.8. The maximum absolute atomic E-state index is 5.79. The monoisotopic (exact) mass is 264 g/mol. The van der Waals surface area contributed by atoms with Crippen LogP contribution >= 0.6 is 0 Å². The molecule has 0 aliphatic carbocycles. The van der Waals surface area contributed by atoms with Crippen LogP contribution in [0.25, 0.3) is 0 Å². The zero-order valence-electron chi connectivity index (χ0n) is 12.0. The predicted octanol–water partition coefficient (Wildman–Crippen LogP) is 1.83. The molecule has 2 atom stereocenters. The molecule has 2 heterocycles. The van der Waals surface area contributed by atoms with Crippen LogP contribution < -0.4 is 15.4 Å². The second kappa shape index (κ2) is 6.19. The molecule has 0 aromatic carbocycles. The van der Waals surface area contributed by atoms with E-state index in [1.165, 1.54) is 6.42 Å². The summed E-state index contributed by atoms with van der Waals surface area (Å²) >= 11 is 0. The smallest absolute Gasteiger partial charge is 0.228 e. The predicted molar refractivity (Wildman–Crippen MR) is 76.4 cm³/mol. The lowest BCUT2D eigenvalue weighted by molar-refractivity contribution is 0.232. The molecule has 5 heteroatoms.